The minimum absolute atomic E-state index is 0.189. The molecule has 0 heterocycles. The number of carbonyl (C=O) groups is 1. The summed E-state index contributed by atoms with van der Waals surface area (Å²) in [5.74, 6) is 0.543. The maximum absolute atomic E-state index is 12.8. The van der Waals surface area contributed by atoms with E-state index in [4.69, 9.17) is 17.0 Å². The van der Waals surface area contributed by atoms with E-state index < -0.39 is 0 Å². The zero-order valence-corrected chi connectivity index (χ0v) is 15.5. The molecule has 0 saturated heterocycles. The Morgan fingerprint density at radius 1 is 1.15 bits per heavy atom. The first-order valence-electron chi connectivity index (χ1n) is 8.21. The molecule has 0 bridgehead atoms. The van der Waals surface area contributed by atoms with Crippen molar-refractivity contribution in [1.82, 2.24) is 5.32 Å². The van der Waals surface area contributed by atoms with Gasteiger partial charge in [0.15, 0.2) is 5.11 Å². The highest BCUT2D eigenvalue weighted by atomic mass is 32.1. The summed E-state index contributed by atoms with van der Waals surface area (Å²) in [4.78, 5) is 11.9. The molecule has 0 fully saturated rings. The summed E-state index contributed by atoms with van der Waals surface area (Å²) in [6.07, 6.45) is 2.92. The lowest BCUT2D eigenvalue weighted by Crippen LogP contribution is -2.32. The number of carbonyl (C=O) groups excluding carboxylic acids is 1. The summed E-state index contributed by atoms with van der Waals surface area (Å²) >= 11 is 5.12. The summed E-state index contributed by atoms with van der Waals surface area (Å²) in [7, 11) is 0. The van der Waals surface area contributed by atoms with E-state index in [-0.39, 0.29) is 16.8 Å². The second-order valence-corrected chi connectivity index (χ2v) is 6.47. The molecule has 2 aromatic carbocycles. The molecule has 0 saturated carbocycles. The predicted octanol–water partition coefficient (Wildman–Crippen LogP) is 4.39. The highest BCUT2D eigenvalue weighted by Crippen LogP contribution is 2.16. The zero-order valence-electron chi connectivity index (χ0n) is 14.7. The number of ether oxygens (including phenoxy) is 1. The van der Waals surface area contributed by atoms with Crippen LogP contribution in [0.15, 0.2) is 54.6 Å². The van der Waals surface area contributed by atoms with E-state index in [2.05, 4.69) is 24.5 Å². The molecule has 2 aromatic rings. The predicted molar refractivity (Wildman–Crippen MR) is 107 cm³/mol. The van der Waals surface area contributed by atoms with Gasteiger partial charge in [-0.1, -0.05) is 26.0 Å². The van der Waals surface area contributed by atoms with Gasteiger partial charge in [0.1, 0.15) is 11.6 Å². The molecular weight excluding hydrogens is 351 g/mol. The van der Waals surface area contributed by atoms with E-state index in [1.54, 1.807) is 18.2 Å². The molecule has 0 aromatic heterocycles. The van der Waals surface area contributed by atoms with Gasteiger partial charge in [-0.25, -0.2) is 4.39 Å². The van der Waals surface area contributed by atoms with Crippen molar-refractivity contribution < 1.29 is 13.9 Å². The lowest BCUT2D eigenvalue weighted by molar-refractivity contribution is -0.115. The van der Waals surface area contributed by atoms with Crippen molar-refractivity contribution in [3.05, 3.63) is 66.0 Å². The van der Waals surface area contributed by atoms with Gasteiger partial charge in [-0.3, -0.25) is 10.1 Å². The molecule has 4 nitrogen and oxygen atoms in total. The molecule has 6 heteroatoms. The quantitative estimate of drug-likeness (QED) is 0.583. The third-order valence-electron chi connectivity index (χ3n) is 3.23. The number of thiocarbonyl (C=S) groups is 1. The van der Waals surface area contributed by atoms with Crippen LogP contribution in [0.4, 0.5) is 10.1 Å². The van der Waals surface area contributed by atoms with Crippen LogP contribution in [0.3, 0.4) is 0 Å². The van der Waals surface area contributed by atoms with E-state index in [0.717, 1.165) is 17.0 Å². The average molecular weight is 372 g/mol. The second-order valence-electron chi connectivity index (χ2n) is 6.06. The molecule has 0 spiro atoms. The fourth-order valence-electron chi connectivity index (χ4n) is 1.96. The highest BCUT2D eigenvalue weighted by molar-refractivity contribution is 7.80. The van der Waals surface area contributed by atoms with Crippen LogP contribution in [0, 0.1) is 11.7 Å². The Labute approximate surface area is 158 Å². The fourth-order valence-corrected chi connectivity index (χ4v) is 2.18. The maximum atomic E-state index is 12.8. The highest BCUT2D eigenvalue weighted by Gasteiger charge is 2.03. The van der Waals surface area contributed by atoms with Crippen molar-refractivity contribution in [3.63, 3.8) is 0 Å². The molecule has 0 aliphatic carbocycles. The Bertz CT molecular complexity index is 771. The van der Waals surface area contributed by atoms with Crippen LogP contribution >= 0.6 is 12.2 Å². The summed E-state index contributed by atoms with van der Waals surface area (Å²) in [6, 6.07) is 13.1. The summed E-state index contributed by atoms with van der Waals surface area (Å²) < 4.78 is 18.4. The van der Waals surface area contributed by atoms with Crippen LogP contribution in [0.1, 0.15) is 19.4 Å². The van der Waals surface area contributed by atoms with Gasteiger partial charge in [0.25, 0.3) is 0 Å². The van der Waals surface area contributed by atoms with Gasteiger partial charge in [0.05, 0.1) is 6.61 Å². The Kier molecular flexibility index (Phi) is 7.29. The van der Waals surface area contributed by atoms with E-state index >= 15 is 0 Å². The normalized spacial score (nSPS) is 10.8. The minimum atomic E-state index is -0.372. The first-order valence-corrected chi connectivity index (χ1v) is 8.61. The number of hydrogen-bond acceptors (Lipinski definition) is 3. The summed E-state index contributed by atoms with van der Waals surface area (Å²) in [6.45, 7) is 4.82. The zero-order chi connectivity index (χ0) is 18.9. The topological polar surface area (TPSA) is 50.4 Å². The number of halogens is 1. The van der Waals surface area contributed by atoms with Crippen LogP contribution in [-0.4, -0.2) is 17.6 Å². The number of benzene rings is 2. The van der Waals surface area contributed by atoms with Gasteiger partial charge in [-0.05, 0) is 66.2 Å². The van der Waals surface area contributed by atoms with E-state index in [1.807, 2.05) is 24.3 Å². The molecule has 0 unspecified atom stereocenters. The molecular formula is C20H21FN2O2S. The molecule has 0 aliphatic heterocycles. The van der Waals surface area contributed by atoms with Crippen molar-refractivity contribution in [2.24, 2.45) is 5.92 Å². The average Bonchev–Trinajstić information content (AvgIpc) is 2.60. The van der Waals surface area contributed by atoms with Crippen LogP contribution in [0.25, 0.3) is 6.08 Å². The SMILES string of the molecule is CC(C)COc1ccc(NC(=S)NC(=O)/C=C/c2ccc(F)cc2)cc1. The fraction of sp³-hybridized carbons (Fsp3) is 0.200. The molecule has 136 valence electrons. The van der Waals surface area contributed by atoms with Gasteiger partial charge in [-0.2, -0.15) is 0 Å². The van der Waals surface area contributed by atoms with Crippen LogP contribution < -0.4 is 15.4 Å². The van der Waals surface area contributed by atoms with Crippen LogP contribution in [0.5, 0.6) is 5.75 Å². The summed E-state index contributed by atoms with van der Waals surface area (Å²) in [5.41, 5.74) is 1.46. The van der Waals surface area contributed by atoms with Gasteiger partial charge in [0.2, 0.25) is 5.91 Å². The van der Waals surface area contributed by atoms with E-state index in [9.17, 15) is 9.18 Å². The number of rotatable bonds is 6. The molecule has 0 atom stereocenters. The third-order valence-corrected chi connectivity index (χ3v) is 3.43. The van der Waals surface area contributed by atoms with Gasteiger partial charge < -0.3 is 10.1 Å². The number of hydrogen-bond donors (Lipinski definition) is 2. The van der Waals surface area contributed by atoms with Crippen molar-refractivity contribution >= 4 is 35.0 Å². The Hall–Kier alpha value is -2.73. The maximum Gasteiger partial charge on any atom is 0.250 e. The van der Waals surface area contributed by atoms with Crippen LogP contribution in [0.2, 0.25) is 0 Å². The number of anilines is 1. The minimum Gasteiger partial charge on any atom is -0.493 e. The largest absolute Gasteiger partial charge is 0.493 e. The van der Waals surface area contributed by atoms with Crippen molar-refractivity contribution in [2.45, 2.75) is 13.8 Å². The van der Waals surface area contributed by atoms with Crippen LogP contribution in [-0.2, 0) is 4.79 Å². The Morgan fingerprint density at radius 2 is 1.81 bits per heavy atom. The summed E-state index contributed by atoms with van der Waals surface area (Å²) in [5, 5.41) is 5.67. The lowest BCUT2D eigenvalue weighted by Gasteiger charge is -2.11. The first kappa shape index (κ1) is 19.6. The smallest absolute Gasteiger partial charge is 0.250 e. The second kappa shape index (κ2) is 9.68. The first-order chi connectivity index (χ1) is 12.4. The Morgan fingerprint density at radius 3 is 2.42 bits per heavy atom. The number of amides is 1. The van der Waals surface area contributed by atoms with Crippen molar-refractivity contribution in [1.29, 1.82) is 0 Å². The molecule has 0 aliphatic rings. The monoisotopic (exact) mass is 372 g/mol. The van der Waals surface area contributed by atoms with Gasteiger partial charge >= 0.3 is 0 Å². The molecule has 2 rings (SSSR count). The number of nitrogens with one attached hydrogen (secondary N) is 2. The standard InChI is InChI=1S/C20H21FN2O2S/c1-14(2)13-25-18-10-8-17(9-11-18)22-20(26)23-19(24)12-5-15-3-6-16(21)7-4-15/h3-12,14H,13H2,1-2H3,(H2,22,23,24,26)/b12-5+. The van der Waals surface area contributed by atoms with Gasteiger partial charge in [0, 0.05) is 11.8 Å². The van der Waals surface area contributed by atoms with Crippen molar-refractivity contribution in [3.8, 4) is 5.75 Å². The van der Waals surface area contributed by atoms with E-state index in [1.165, 1.54) is 18.2 Å². The molecule has 2 N–H and O–H groups in total. The molecule has 0 radical (unpaired) electrons. The molecule has 1 amide bonds. The lowest BCUT2D eigenvalue weighted by atomic mass is 10.2. The van der Waals surface area contributed by atoms with Gasteiger partial charge in [-0.15, -0.1) is 0 Å². The van der Waals surface area contributed by atoms with Crippen molar-refractivity contribution in [2.75, 3.05) is 11.9 Å². The Balaban J connectivity index is 1.82. The van der Waals surface area contributed by atoms with E-state index in [0.29, 0.717) is 12.5 Å². The third kappa shape index (κ3) is 7.03. The molecule has 26 heavy (non-hydrogen) atoms.